The number of amides is 1. The summed E-state index contributed by atoms with van der Waals surface area (Å²) in [5, 5.41) is 10.2. The Labute approximate surface area is 180 Å². The Kier molecular flexibility index (Phi) is 5.77. The molecule has 1 fully saturated rings. The topological polar surface area (TPSA) is 82.0 Å². The molecule has 1 aromatic carbocycles. The molecule has 3 heterocycles. The highest BCUT2D eigenvalue weighted by atomic mass is 19.1. The highest BCUT2D eigenvalue weighted by molar-refractivity contribution is 5.87. The average molecular weight is 427 g/mol. The predicted octanol–water partition coefficient (Wildman–Crippen LogP) is 2.24. The van der Waals surface area contributed by atoms with E-state index in [2.05, 4.69) is 26.3 Å². The Balaban J connectivity index is 1.59. The van der Waals surface area contributed by atoms with Crippen LogP contribution in [-0.4, -0.2) is 64.1 Å². The van der Waals surface area contributed by atoms with Crippen LogP contribution >= 0.6 is 0 Å². The molecule has 0 radical (unpaired) electrons. The summed E-state index contributed by atoms with van der Waals surface area (Å²) < 4.78 is 19.7. The van der Waals surface area contributed by atoms with Crippen molar-refractivity contribution in [1.82, 2.24) is 19.8 Å². The quantitative estimate of drug-likeness (QED) is 0.733. The van der Waals surface area contributed by atoms with Gasteiger partial charge >= 0.3 is 6.01 Å². The smallest absolute Gasteiger partial charge is 0.318 e. The molecule has 0 aliphatic carbocycles. The van der Waals surface area contributed by atoms with E-state index in [1.807, 2.05) is 6.92 Å². The molecule has 164 valence electrons. The number of carbonyl (C=O) groups is 1. The van der Waals surface area contributed by atoms with Crippen LogP contribution in [0.15, 0.2) is 30.9 Å². The molecule has 0 bridgehead atoms. The Morgan fingerprint density at radius 1 is 1.26 bits per heavy atom. The number of phenolic OH excluding ortho intramolecular Hbond substituents is 1. The van der Waals surface area contributed by atoms with Gasteiger partial charge in [0, 0.05) is 56.4 Å². The van der Waals surface area contributed by atoms with Gasteiger partial charge in [0.15, 0.2) is 0 Å². The summed E-state index contributed by atoms with van der Waals surface area (Å²) in [7, 11) is 1.53. The van der Waals surface area contributed by atoms with E-state index in [0.29, 0.717) is 39.3 Å². The summed E-state index contributed by atoms with van der Waals surface area (Å²) in [6.45, 7) is 8.86. The first kappa shape index (κ1) is 21.0. The van der Waals surface area contributed by atoms with Crippen molar-refractivity contribution in [3.63, 3.8) is 0 Å². The van der Waals surface area contributed by atoms with Crippen LogP contribution in [0.2, 0.25) is 0 Å². The Hall–Kier alpha value is -3.20. The lowest BCUT2D eigenvalue weighted by molar-refractivity contribution is -0.126. The summed E-state index contributed by atoms with van der Waals surface area (Å²) in [6.07, 6.45) is 1.33. The van der Waals surface area contributed by atoms with Gasteiger partial charge in [0.2, 0.25) is 5.91 Å². The van der Waals surface area contributed by atoms with Gasteiger partial charge in [-0.1, -0.05) is 12.6 Å². The zero-order valence-electron chi connectivity index (χ0n) is 17.7. The predicted molar refractivity (Wildman–Crippen MR) is 113 cm³/mol. The fourth-order valence-corrected chi connectivity index (χ4v) is 4.26. The van der Waals surface area contributed by atoms with Crippen molar-refractivity contribution in [1.29, 1.82) is 0 Å². The molecule has 1 N–H and O–H groups in total. The average Bonchev–Trinajstić information content (AvgIpc) is 3.22. The molecule has 2 aliphatic rings. The lowest BCUT2D eigenvalue weighted by Gasteiger charge is -2.35. The summed E-state index contributed by atoms with van der Waals surface area (Å²) in [5.74, 6) is 0.209. The van der Waals surface area contributed by atoms with Crippen molar-refractivity contribution in [3.05, 3.63) is 53.5 Å². The van der Waals surface area contributed by atoms with Crippen molar-refractivity contribution in [2.45, 2.75) is 26.1 Å². The van der Waals surface area contributed by atoms with Gasteiger partial charge in [-0.05, 0) is 25.1 Å². The van der Waals surface area contributed by atoms with Crippen LogP contribution in [-0.2, 0) is 17.9 Å². The largest absolute Gasteiger partial charge is 0.508 e. The van der Waals surface area contributed by atoms with Crippen molar-refractivity contribution < 1.29 is 19.0 Å². The number of piperazine rings is 1. The zero-order valence-corrected chi connectivity index (χ0v) is 17.7. The third-order valence-electron chi connectivity index (χ3n) is 6.01. The number of anilines is 1. The zero-order chi connectivity index (χ0) is 22.1. The number of phenols is 1. The third-order valence-corrected chi connectivity index (χ3v) is 6.01. The van der Waals surface area contributed by atoms with Crippen LogP contribution in [0, 0.1) is 5.82 Å². The minimum absolute atomic E-state index is 0.0599. The molecule has 8 nitrogen and oxygen atoms in total. The molecule has 1 saturated heterocycles. The van der Waals surface area contributed by atoms with Gasteiger partial charge in [-0.25, -0.2) is 4.39 Å². The van der Waals surface area contributed by atoms with E-state index in [9.17, 15) is 14.3 Å². The molecular weight excluding hydrogens is 401 g/mol. The number of fused-ring (bicyclic) bond motifs is 1. The van der Waals surface area contributed by atoms with E-state index in [-0.39, 0.29) is 29.3 Å². The summed E-state index contributed by atoms with van der Waals surface area (Å²) in [4.78, 5) is 27.0. The van der Waals surface area contributed by atoms with E-state index in [1.54, 1.807) is 4.90 Å². The number of aromatic nitrogens is 2. The first-order valence-electron chi connectivity index (χ1n) is 10.2. The highest BCUT2D eigenvalue weighted by Crippen LogP contribution is 2.38. The van der Waals surface area contributed by atoms with Crippen molar-refractivity contribution in [2.24, 2.45) is 0 Å². The van der Waals surface area contributed by atoms with Gasteiger partial charge in [0.05, 0.1) is 12.8 Å². The van der Waals surface area contributed by atoms with E-state index in [4.69, 9.17) is 4.74 Å². The summed E-state index contributed by atoms with van der Waals surface area (Å²) >= 11 is 0. The normalized spacial score (nSPS) is 17.4. The second-order valence-corrected chi connectivity index (χ2v) is 7.73. The Morgan fingerprint density at radius 2 is 2.00 bits per heavy atom. The van der Waals surface area contributed by atoms with E-state index in [0.717, 1.165) is 17.1 Å². The molecule has 1 atom stereocenters. The van der Waals surface area contributed by atoms with Crippen molar-refractivity contribution in [2.75, 3.05) is 38.2 Å². The monoisotopic (exact) mass is 427 g/mol. The van der Waals surface area contributed by atoms with E-state index in [1.165, 1.54) is 31.4 Å². The van der Waals surface area contributed by atoms with E-state index >= 15 is 0 Å². The molecule has 1 amide bonds. The Morgan fingerprint density at radius 3 is 2.65 bits per heavy atom. The number of benzene rings is 1. The maximum atomic E-state index is 14.4. The van der Waals surface area contributed by atoms with Gasteiger partial charge in [-0.2, -0.15) is 9.97 Å². The molecule has 0 saturated carbocycles. The standard InChI is InChI=1S/C22H26FN5O3/c1-4-19(30)26-8-10-27(11-9-26)21-15-12-28(13-17(15)24-22(25-21)31-3)14(2)20-16(23)6-5-7-18(20)29/h4-7,14,29H,1,8-13H2,2-3H3. The van der Waals surface area contributed by atoms with Gasteiger partial charge in [0.1, 0.15) is 17.4 Å². The van der Waals surface area contributed by atoms with Crippen LogP contribution in [0.4, 0.5) is 10.2 Å². The SMILES string of the molecule is C=CC(=O)N1CCN(c2nc(OC)nc3c2CN(C(C)c2c(O)cccc2F)C3)CC1. The lowest BCUT2D eigenvalue weighted by Crippen LogP contribution is -2.48. The second kappa shape index (κ2) is 8.50. The maximum Gasteiger partial charge on any atom is 0.318 e. The number of carbonyl (C=O) groups excluding carboxylic acids is 1. The fraction of sp³-hybridized carbons (Fsp3) is 0.409. The van der Waals surface area contributed by atoms with Crippen molar-refractivity contribution >= 4 is 11.7 Å². The molecule has 1 unspecified atom stereocenters. The number of rotatable bonds is 5. The first-order chi connectivity index (χ1) is 14.9. The minimum atomic E-state index is -0.435. The van der Waals surface area contributed by atoms with Crippen LogP contribution in [0.1, 0.15) is 29.8 Å². The van der Waals surface area contributed by atoms with Crippen molar-refractivity contribution in [3.8, 4) is 11.8 Å². The number of hydrogen-bond donors (Lipinski definition) is 1. The summed E-state index contributed by atoms with van der Waals surface area (Å²) in [5.41, 5.74) is 2.06. The molecule has 2 aliphatic heterocycles. The number of methoxy groups -OCH3 is 1. The lowest BCUT2D eigenvalue weighted by atomic mass is 10.1. The number of hydrogen-bond acceptors (Lipinski definition) is 7. The molecule has 2 aromatic rings. The molecule has 31 heavy (non-hydrogen) atoms. The van der Waals surface area contributed by atoms with Gasteiger partial charge in [0.25, 0.3) is 0 Å². The van der Waals surface area contributed by atoms with Crippen LogP contribution in [0.5, 0.6) is 11.8 Å². The number of ether oxygens (including phenoxy) is 1. The van der Waals surface area contributed by atoms with Gasteiger partial charge in [-0.15, -0.1) is 0 Å². The number of halogens is 1. The molecule has 1 aromatic heterocycles. The van der Waals surface area contributed by atoms with Crippen LogP contribution < -0.4 is 9.64 Å². The third kappa shape index (κ3) is 3.93. The Bertz CT molecular complexity index is 987. The fourth-order valence-electron chi connectivity index (χ4n) is 4.26. The number of aromatic hydroxyl groups is 1. The maximum absolute atomic E-state index is 14.4. The highest BCUT2D eigenvalue weighted by Gasteiger charge is 2.33. The number of nitrogens with zero attached hydrogens (tertiary/aromatic N) is 5. The van der Waals surface area contributed by atoms with Gasteiger partial charge in [-0.3, -0.25) is 9.69 Å². The minimum Gasteiger partial charge on any atom is -0.508 e. The van der Waals surface area contributed by atoms with Crippen LogP contribution in [0.3, 0.4) is 0 Å². The molecule has 0 spiro atoms. The molecule has 4 rings (SSSR count). The van der Waals surface area contributed by atoms with E-state index < -0.39 is 5.82 Å². The first-order valence-corrected chi connectivity index (χ1v) is 10.2. The van der Waals surface area contributed by atoms with Gasteiger partial charge < -0.3 is 19.6 Å². The summed E-state index contributed by atoms with van der Waals surface area (Å²) in [6, 6.07) is 4.27. The second-order valence-electron chi connectivity index (χ2n) is 7.73. The molecular formula is C22H26FN5O3. The molecule has 9 heteroatoms. The van der Waals surface area contributed by atoms with Crippen LogP contribution in [0.25, 0.3) is 0 Å².